The second-order valence-corrected chi connectivity index (χ2v) is 5.02. The number of rotatable bonds is 6. The topological polar surface area (TPSA) is 32.5 Å². The number of halogens is 2. The summed E-state index contributed by atoms with van der Waals surface area (Å²) in [6.07, 6.45) is -2.51. The number of nitrogen functional groups attached to an aromatic ring is 1. The minimum atomic E-state index is -2.51. The summed E-state index contributed by atoms with van der Waals surface area (Å²) in [7, 11) is 3.95. The van der Waals surface area contributed by atoms with E-state index in [1.807, 2.05) is 37.7 Å². The van der Waals surface area contributed by atoms with E-state index in [1.54, 1.807) is 12.1 Å². The van der Waals surface area contributed by atoms with Crippen molar-refractivity contribution in [2.45, 2.75) is 26.3 Å². The van der Waals surface area contributed by atoms with Gasteiger partial charge in [0.1, 0.15) is 0 Å². The third kappa shape index (κ3) is 4.06. The van der Waals surface area contributed by atoms with Gasteiger partial charge >= 0.3 is 0 Å². The van der Waals surface area contributed by atoms with Crippen LogP contribution >= 0.6 is 0 Å². The Morgan fingerprint density at radius 2 is 1.89 bits per heavy atom. The van der Waals surface area contributed by atoms with Crippen LogP contribution in [0.5, 0.6) is 0 Å². The van der Waals surface area contributed by atoms with Gasteiger partial charge in [0.2, 0.25) is 0 Å². The molecule has 0 heterocycles. The Balaban J connectivity index is 3.10. The largest absolute Gasteiger partial charge is 0.399 e. The summed E-state index contributed by atoms with van der Waals surface area (Å²) < 4.78 is 26.3. The number of alkyl halides is 2. The van der Waals surface area contributed by atoms with E-state index in [2.05, 4.69) is 0 Å². The lowest BCUT2D eigenvalue weighted by Gasteiger charge is -2.33. The lowest BCUT2D eigenvalue weighted by Crippen LogP contribution is -2.40. The maximum Gasteiger partial charge on any atom is 0.265 e. The maximum absolute atomic E-state index is 13.1. The van der Waals surface area contributed by atoms with Crippen molar-refractivity contribution in [3.05, 3.63) is 23.8 Å². The first kappa shape index (κ1) is 15.7. The third-order valence-electron chi connectivity index (χ3n) is 3.10. The highest BCUT2D eigenvalue weighted by atomic mass is 19.3. The van der Waals surface area contributed by atoms with Crippen molar-refractivity contribution in [1.29, 1.82) is 0 Å². The van der Waals surface area contributed by atoms with Crippen molar-refractivity contribution in [1.82, 2.24) is 4.90 Å². The Bertz CT molecular complexity index is 408. The van der Waals surface area contributed by atoms with Gasteiger partial charge in [-0.05, 0) is 46.1 Å². The summed E-state index contributed by atoms with van der Waals surface area (Å²) in [5, 5.41) is 0. The average Bonchev–Trinajstić information content (AvgIpc) is 2.30. The monoisotopic (exact) mass is 271 g/mol. The van der Waals surface area contributed by atoms with Gasteiger partial charge in [0.25, 0.3) is 6.43 Å². The molecule has 19 heavy (non-hydrogen) atoms. The molecule has 1 atom stereocenters. The van der Waals surface area contributed by atoms with Gasteiger partial charge in [0.05, 0.1) is 0 Å². The van der Waals surface area contributed by atoms with E-state index < -0.39 is 6.43 Å². The number of hydrogen-bond donors (Lipinski definition) is 1. The van der Waals surface area contributed by atoms with Crippen LogP contribution in [0.3, 0.4) is 0 Å². The normalized spacial score (nSPS) is 13.1. The van der Waals surface area contributed by atoms with E-state index in [1.165, 1.54) is 6.07 Å². The van der Waals surface area contributed by atoms with Crippen LogP contribution in [0.4, 0.5) is 20.2 Å². The molecule has 0 fully saturated rings. The van der Waals surface area contributed by atoms with Gasteiger partial charge in [-0.2, -0.15) is 0 Å². The number of nitrogens with zero attached hydrogens (tertiary/aromatic N) is 2. The van der Waals surface area contributed by atoms with E-state index in [4.69, 9.17) is 5.73 Å². The van der Waals surface area contributed by atoms with Crippen molar-refractivity contribution >= 4 is 11.4 Å². The molecule has 0 bridgehead atoms. The Hall–Kier alpha value is -1.36. The summed E-state index contributed by atoms with van der Waals surface area (Å²) in [6.45, 7) is 5.49. The number of hydrogen-bond acceptors (Lipinski definition) is 3. The zero-order valence-corrected chi connectivity index (χ0v) is 12.0. The zero-order chi connectivity index (χ0) is 14.6. The molecular formula is C14H23F2N3. The van der Waals surface area contributed by atoms with E-state index in [9.17, 15) is 8.78 Å². The van der Waals surface area contributed by atoms with Crippen LogP contribution in [0.25, 0.3) is 0 Å². The molecule has 0 spiro atoms. The Labute approximate surface area is 114 Å². The molecule has 1 rings (SSSR count). The van der Waals surface area contributed by atoms with Gasteiger partial charge in [-0.25, -0.2) is 8.78 Å². The molecule has 0 aliphatic rings. The van der Waals surface area contributed by atoms with Crippen molar-refractivity contribution in [2.24, 2.45) is 0 Å². The summed E-state index contributed by atoms with van der Waals surface area (Å²) in [4.78, 5) is 4.04. The van der Waals surface area contributed by atoms with Crippen LogP contribution in [0.2, 0.25) is 0 Å². The first-order chi connectivity index (χ1) is 8.86. The van der Waals surface area contributed by atoms with Crippen LogP contribution in [0, 0.1) is 0 Å². The number of nitrogens with two attached hydrogens (primary N) is 1. The number of likely N-dealkylation sites (N-methyl/N-ethyl adjacent to an activating group) is 2. The molecule has 0 saturated heterocycles. The standard InChI is InChI=1S/C14H23F2N3/c1-5-19(10(2)9-18(3)4)13-7-6-11(17)8-12(13)14(15)16/h6-8,10,14H,5,9,17H2,1-4H3. The lowest BCUT2D eigenvalue weighted by atomic mass is 10.1. The Morgan fingerprint density at radius 1 is 1.26 bits per heavy atom. The molecule has 2 N–H and O–H groups in total. The molecule has 0 aliphatic carbocycles. The molecule has 108 valence electrons. The van der Waals surface area contributed by atoms with Gasteiger partial charge in [0, 0.05) is 36.1 Å². The predicted molar refractivity (Wildman–Crippen MR) is 76.8 cm³/mol. The quantitative estimate of drug-likeness (QED) is 0.807. The van der Waals surface area contributed by atoms with E-state index in [0.29, 0.717) is 17.9 Å². The molecule has 0 aromatic heterocycles. The van der Waals surface area contributed by atoms with Crippen LogP contribution < -0.4 is 10.6 Å². The van der Waals surface area contributed by atoms with Crippen molar-refractivity contribution in [2.75, 3.05) is 37.8 Å². The molecule has 0 saturated carbocycles. The summed E-state index contributed by atoms with van der Waals surface area (Å²) in [6, 6.07) is 4.88. The van der Waals surface area contributed by atoms with Gasteiger partial charge in [-0.3, -0.25) is 0 Å². The highest BCUT2D eigenvalue weighted by Crippen LogP contribution is 2.32. The third-order valence-corrected chi connectivity index (χ3v) is 3.10. The maximum atomic E-state index is 13.1. The first-order valence-electron chi connectivity index (χ1n) is 6.45. The zero-order valence-electron chi connectivity index (χ0n) is 12.0. The van der Waals surface area contributed by atoms with Crippen LogP contribution in [-0.4, -0.2) is 38.1 Å². The fraction of sp³-hybridized carbons (Fsp3) is 0.571. The highest BCUT2D eigenvalue weighted by molar-refractivity contribution is 5.60. The van der Waals surface area contributed by atoms with E-state index in [0.717, 1.165) is 6.54 Å². The summed E-state index contributed by atoms with van der Waals surface area (Å²) in [5.74, 6) is 0. The fourth-order valence-electron chi connectivity index (χ4n) is 2.36. The smallest absolute Gasteiger partial charge is 0.265 e. The summed E-state index contributed by atoms with van der Waals surface area (Å²) >= 11 is 0. The second kappa shape index (κ2) is 6.70. The molecule has 0 radical (unpaired) electrons. The SMILES string of the molecule is CCN(c1ccc(N)cc1C(F)F)C(C)CN(C)C. The van der Waals surface area contributed by atoms with Crippen molar-refractivity contribution in [3.63, 3.8) is 0 Å². The molecule has 1 aromatic rings. The van der Waals surface area contributed by atoms with Crippen LogP contribution in [0.15, 0.2) is 18.2 Å². The predicted octanol–water partition coefficient (Wildman–Crippen LogP) is 2.98. The van der Waals surface area contributed by atoms with Crippen molar-refractivity contribution < 1.29 is 8.78 Å². The molecule has 0 aliphatic heterocycles. The Kier molecular flexibility index (Phi) is 5.54. The lowest BCUT2D eigenvalue weighted by molar-refractivity contribution is 0.151. The summed E-state index contributed by atoms with van der Waals surface area (Å²) in [5.41, 5.74) is 6.55. The van der Waals surface area contributed by atoms with E-state index in [-0.39, 0.29) is 11.6 Å². The van der Waals surface area contributed by atoms with Crippen molar-refractivity contribution in [3.8, 4) is 0 Å². The second-order valence-electron chi connectivity index (χ2n) is 5.02. The highest BCUT2D eigenvalue weighted by Gasteiger charge is 2.21. The number of anilines is 2. The van der Waals surface area contributed by atoms with Crippen LogP contribution in [-0.2, 0) is 0 Å². The van der Waals surface area contributed by atoms with Gasteiger partial charge < -0.3 is 15.5 Å². The molecule has 1 aromatic carbocycles. The Morgan fingerprint density at radius 3 is 2.37 bits per heavy atom. The van der Waals surface area contributed by atoms with Gasteiger partial charge in [-0.1, -0.05) is 0 Å². The minimum Gasteiger partial charge on any atom is -0.399 e. The van der Waals surface area contributed by atoms with E-state index >= 15 is 0 Å². The molecule has 5 heteroatoms. The molecule has 0 amide bonds. The minimum absolute atomic E-state index is 0.00690. The molecule has 1 unspecified atom stereocenters. The number of benzene rings is 1. The first-order valence-corrected chi connectivity index (χ1v) is 6.45. The van der Waals surface area contributed by atoms with Gasteiger partial charge in [0.15, 0.2) is 0 Å². The molecule has 3 nitrogen and oxygen atoms in total. The van der Waals surface area contributed by atoms with Gasteiger partial charge in [-0.15, -0.1) is 0 Å². The fourth-order valence-corrected chi connectivity index (χ4v) is 2.36. The average molecular weight is 271 g/mol. The molecular weight excluding hydrogens is 248 g/mol. The van der Waals surface area contributed by atoms with Crippen LogP contribution in [0.1, 0.15) is 25.8 Å².